The molecule has 0 saturated heterocycles. The summed E-state index contributed by atoms with van der Waals surface area (Å²) >= 11 is 0. The quantitative estimate of drug-likeness (QED) is 0.477. The molecular weight excluding hydrogens is 236 g/mol. The molecule has 1 aliphatic carbocycles. The highest BCUT2D eigenvalue weighted by Gasteiger charge is 2.43. The molecule has 0 heterocycles. The highest BCUT2D eigenvalue weighted by atomic mass is 17.3. The van der Waals surface area contributed by atoms with Gasteiger partial charge in [0, 0.05) is 19.3 Å². The minimum absolute atomic E-state index is 0.224. The lowest BCUT2D eigenvalue weighted by Gasteiger charge is -2.40. The first-order valence-corrected chi connectivity index (χ1v) is 6.54. The van der Waals surface area contributed by atoms with E-state index in [1.807, 2.05) is 0 Å². The van der Waals surface area contributed by atoms with Crippen molar-refractivity contribution in [1.29, 1.82) is 0 Å². The van der Waals surface area contributed by atoms with Crippen LogP contribution in [0, 0.1) is 11.3 Å². The Hall–Kier alpha value is -0.650. The fourth-order valence-corrected chi connectivity index (χ4v) is 2.29. The summed E-state index contributed by atoms with van der Waals surface area (Å²) in [7, 11) is 0. The number of rotatable bonds is 4. The molecule has 0 bridgehead atoms. The topological polar surface area (TPSA) is 65.0 Å². The Kier molecular flexibility index (Phi) is 5.13. The highest BCUT2D eigenvalue weighted by Crippen LogP contribution is 2.43. The third kappa shape index (κ3) is 3.93. The van der Waals surface area contributed by atoms with Crippen LogP contribution in [0.5, 0.6) is 0 Å². The van der Waals surface area contributed by atoms with Crippen molar-refractivity contribution in [2.75, 3.05) is 0 Å². The van der Waals surface area contributed by atoms with Gasteiger partial charge in [0.25, 0.3) is 0 Å². The average Bonchev–Trinajstić information content (AvgIpc) is 2.35. The molecule has 0 amide bonds. The Balaban J connectivity index is 2.52. The summed E-state index contributed by atoms with van der Waals surface area (Å²) in [5.74, 6) is -1.11. The lowest BCUT2D eigenvalue weighted by atomic mass is 9.71. The largest absolute Gasteiger partial charge is 0.342 e. The summed E-state index contributed by atoms with van der Waals surface area (Å²) in [4.78, 5) is 25.1. The maximum absolute atomic E-state index is 11.1. The first kappa shape index (κ1) is 15.4. The van der Waals surface area contributed by atoms with E-state index in [4.69, 9.17) is 10.1 Å². The molecule has 1 rings (SSSR count). The fraction of sp³-hybridized carbons (Fsp3) is 0.923. The van der Waals surface area contributed by atoms with E-state index < -0.39 is 11.8 Å². The van der Waals surface area contributed by atoms with Crippen molar-refractivity contribution < 1.29 is 24.7 Å². The van der Waals surface area contributed by atoms with Crippen molar-refractivity contribution in [1.82, 2.24) is 0 Å². The van der Waals surface area contributed by atoms with Gasteiger partial charge in [-0.1, -0.05) is 27.7 Å². The molecule has 106 valence electrons. The zero-order valence-electron chi connectivity index (χ0n) is 11.7. The zero-order valence-corrected chi connectivity index (χ0v) is 11.7. The van der Waals surface area contributed by atoms with E-state index >= 15 is 0 Å². The van der Waals surface area contributed by atoms with E-state index in [1.54, 1.807) is 6.92 Å². The van der Waals surface area contributed by atoms with Crippen LogP contribution in [0.15, 0.2) is 0 Å². The van der Waals surface area contributed by atoms with E-state index in [9.17, 15) is 4.79 Å². The second-order valence-electron chi connectivity index (χ2n) is 6.03. The molecule has 1 aliphatic rings. The van der Waals surface area contributed by atoms with Gasteiger partial charge in [0.15, 0.2) is 0 Å². The maximum atomic E-state index is 11.1. The van der Waals surface area contributed by atoms with Crippen molar-refractivity contribution in [3.8, 4) is 0 Å². The Labute approximate surface area is 108 Å². The SMILES string of the molecule is CCC(=O)OOC1(OO)CCC(C(C)(C)C)CC1. The van der Waals surface area contributed by atoms with Gasteiger partial charge < -0.3 is 0 Å². The molecule has 18 heavy (non-hydrogen) atoms. The molecule has 1 fully saturated rings. The molecule has 0 unspecified atom stereocenters. The predicted molar refractivity (Wildman–Crippen MR) is 65.3 cm³/mol. The predicted octanol–water partition coefficient (Wildman–Crippen LogP) is 3.29. The molecule has 0 aliphatic heterocycles. The number of hydrogen-bond acceptors (Lipinski definition) is 5. The van der Waals surface area contributed by atoms with Crippen molar-refractivity contribution >= 4 is 5.97 Å². The Morgan fingerprint density at radius 1 is 1.33 bits per heavy atom. The number of hydrogen-bond donors (Lipinski definition) is 1. The molecule has 0 aromatic rings. The third-order valence-electron chi connectivity index (χ3n) is 3.71. The molecule has 0 aromatic heterocycles. The molecule has 5 nitrogen and oxygen atoms in total. The van der Waals surface area contributed by atoms with Gasteiger partial charge in [0.1, 0.15) is 0 Å². The summed E-state index contributed by atoms with van der Waals surface area (Å²) in [5, 5.41) is 9.00. The van der Waals surface area contributed by atoms with Gasteiger partial charge in [-0.15, -0.1) is 4.89 Å². The maximum Gasteiger partial charge on any atom is 0.342 e. The van der Waals surface area contributed by atoms with Gasteiger partial charge in [0.2, 0.25) is 5.79 Å². The minimum Gasteiger partial charge on any atom is -0.295 e. The second kappa shape index (κ2) is 5.99. The van der Waals surface area contributed by atoms with E-state index in [0.717, 1.165) is 12.8 Å². The number of carbonyl (C=O) groups excluding carboxylic acids is 1. The summed E-state index contributed by atoms with van der Waals surface area (Å²) < 4.78 is 0. The normalized spacial score (nSPS) is 29.1. The van der Waals surface area contributed by atoms with Gasteiger partial charge in [-0.05, 0) is 24.2 Å². The molecule has 0 atom stereocenters. The van der Waals surface area contributed by atoms with E-state index in [1.165, 1.54) is 0 Å². The molecule has 0 radical (unpaired) electrons. The monoisotopic (exact) mass is 260 g/mol. The van der Waals surface area contributed by atoms with Crippen molar-refractivity contribution in [2.24, 2.45) is 11.3 Å². The Morgan fingerprint density at radius 3 is 2.28 bits per heavy atom. The van der Waals surface area contributed by atoms with Gasteiger partial charge in [-0.2, -0.15) is 4.89 Å². The van der Waals surface area contributed by atoms with Crippen LogP contribution in [0.4, 0.5) is 0 Å². The fourth-order valence-electron chi connectivity index (χ4n) is 2.29. The van der Waals surface area contributed by atoms with E-state index in [0.29, 0.717) is 18.8 Å². The summed E-state index contributed by atoms with van der Waals surface area (Å²) in [6.07, 6.45) is 3.00. The molecular formula is C13H24O5. The van der Waals surface area contributed by atoms with Gasteiger partial charge in [0.05, 0.1) is 0 Å². The molecule has 1 N–H and O–H groups in total. The molecule has 1 saturated carbocycles. The lowest BCUT2D eigenvalue weighted by Crippen LogP contribution is -2.42. The summed E-state index contributed by atoms with van der Waals surface area (Å²) in [6, 6.07) is 0. The van der Waals surface area contributed by atoms with E-state index in [2.05, 4.69) is 30.5 Å². The first-order valence-electron chi connectivity index (χ1n) is 6.54. The van der Waals surface area contributed by atoms with Crippen LogP contribution >= 0.6 is 0 Å². The van der Waals surface area contributed by atoms with Crippen LogP contribution in [0.3, 0.4) is 0 Å². The third-order valence-corrected chi connectivity index (χ3v) is 3.71. The summed E-state index contributed by atoms with van der Waals surface area (Å²) in [6.45, 7) is 8.27. The van der Waals surface area contributed by atoms with Crippen LogP contribution in [0.1, 0.15) is 59.8 Å². The van der Waals surface area contributed by atoms with Gasteiger partial charge in [-0.3, -0.25) is 4.89 Å². The average molecular weight is 260 g/mol. The Bertz CT molecular complexity index is 274. The molecule has 0 aromatic carbocycles. The zero-order chi connectivity index (χ0) is 13.8. The van der Waals surface area contributed by atoms with Crippen LogP contribution in [-0.4, -0.2) is 17.0 Å². The van der Waals surface area contributed by atoms with Crippen molar-refractivity contribution in [3.63, 3.8) is 0 Å². The van der Waals surface area contributed by atoms with E-state index in [-0.39, 0.29) is 11.8 Å². The molecule has 0 spiro atoms. The molecule has 5 heteroatoms. The minimum atomic E-state index is -1.19. The van der Waals surface area contributed by atoms with Crippen LogP contribution in [0.25, 0.3) is 0 Å². The second-order valence-corrected chi connectivity index (χ2v) is 6.03. The first-order chi connectivity index (χ1) is 8.33. The van der Waals surface area contributed by atoms with Crippen molar-refractivity contribution in [2.45, 2.75) is 65.6 Å². The van der Waals surface area contributed by atoms with Crippen LogP contribution in [-0.2, 0) is 19.5 Å². The Morgan fingerprint density at radius 2 is 1.89 bits per heavy atom. The summed E-state index contributed by atoms with van der Waals surface area (Å²) in [5.41, 5.74) is 0.224. The number of carbonyl (C=O) groups is 1. The van der Waals surface area contributed by atoms with Crippen LogP contribution in [0.2, 0.25) is 0 Å². The standard InChI is InChI=1S/C13H24O5/c1-5-11(14)16-18-13(17-15)8-6-10(7-9-13)12(2,3)4/h10,15H,5-9H2,1-4H3. The lowest BCUT2D eigenvalue weighted by molar-refractivity contribution is -0.491. The van der Waals surface area contributed by atoms with Gasteiger partial charge >= 0.3 is 5.97 Å². The van der Waals surface area contributed by atoms with Crippen LogP contribution < -0.4 is 0 Å². The van der Waals surface area contributed by atoms with Crippen molar-refractivity contribution in [3.05, 3.63) is 0 Å². The van der Waals surface area contributed by atoms with Gasteiger partial charge in [-0.25, -0.2) is 10.1 Å². The highest BCUT2D eigenvalue weighted by molar-refractivity contribution is 5.68. The smallest absolute Gasteiger partial charge is 0.295 e.